The summed E-state index contributed by atoms with van der Waals surface area (Å²) in [4.78, 5) is 17.5. The number of carbonyl (C=O) groups is 1. The van der Waals surface area contributed by atoms with Crippen LogP contribution in [0, 0.1) is 5.92 Å². The lowest BCUT2D eigenvalue weighted by molar-refractivity contribution is -0.131. The van der Waals surface area contributed by atoms with Crippen molar-refractivity contribution < 1.29 is 4.79 Å². The van der Waals surface area contributed by atoms with Crippen molar-refractivity contribution in [1.29, 1.82) is 0 Å². The Bertz CT molecular complexity index is 651. The van der Waals surface area contributed by atoms with E-state index in [4.69, 9.17) is 0 Å². The number of benzene rings is 2. The molecule has 0 spiro atoms. The third kappa shape index (κ3) is 3.99. The molecule has 1 aliphatic carbocycles. The maximum Gasteiger partial charge on any atom is 0.226 e. The van der Waals surface area contributed by atoms with Gasteiger partial charge in [-0.15, -0.1) is 0 Å². The zero-order valence-electron chi connectivity index (χ0n) is 16.1. The molecule has 138 valence electrons. The molecule has 0 N–H and O–H groups in total. The van der Waals surface area contributed by atoms with E-state index in [-0.39, 0.29) is 11.8 Å². The lowest BCUT2D eigenvalue weighted by atomic mass is 10.0. The number of hydrogen-bond donors (Lipinski definition) is 0. The second-order valence-electron chi connectivity index (χ2n) is 7.19. The van der Waals surface area contributed by atoms with Crippen molar-refractivity contribution >= 4 is 5.91 Å². The first-order valence-corrected chi connectivity index (χ1v) is 9.74. The molecular weight excluding hydrogens is 320 g/mol. The first-order valence-electron chi connectivity index (χ1n) is 9.74. The van der Waals surface area contributed by atoms with E-state index in [1.165, 1.54) is 11.1 Å². The average Bonchev–Trinajstić information content (AvgIpc) is 3.45. The van der Waals surface area contributed by atoms with Crippen LogP contribution in [0.3, 0.4) is 0 Å². The predicted octanol–water partition coefficient (Wildman–Crippen LogP) is 3.98. The third-order valence-electron chi connectivity index (χ3n) is 5.70. The van der Waals surface area contributed by atoms with Crippen LogP contribution in [0.1, 0.15) is 36.8 Å². The van der Waals surface area contributed by atoms with Crippen molar-refractivity contribution in [2.75, 3.05) is 33.2 Å². The van der Waals surface area contributed by atoms with Gasteiger partial charge in [-0.3, -0.25) is 4.79 Å². The van der Waals surface area contributed by atoms with Gasteiger partial charge in [0.1, 0.15) is 0 Å². The Labute approximate surface area is 157 Å². The van der Waals surface area contributed by atoms with Crippen molar-refractivity contribution in [3.63, 3.8) is 0 Å². The quantitative estimate of drug-likeness (QED) is 0.719. The molecule has 0 aromatic heterocycles. The van der Waals surface area contributed by atoms with Crippen LogP contribution in [0.2, 0.25) is 0 Å². The molecule has 3 heteroatoms. The molecule has 1 aliphatic rings. The van der Waals surface area contributed by atoms with Crippen LogP contribution in [0.25, 0.3) is 0 Å². The van der Waals surface area contributed by atoms with Crippen LogP contribution in [0.15, 0.2) is 60.7 Å². The van der Waals surface area contributed by atoms with Crippen LogP contribution in [-0.4, -0.2) is 48.9 Å². The summed E-state index contributed by atoms with van der Waals surface area (Å²) in [5.41, 5.74) is 2.55. The van der Waals surface area contributed by atoms with E-state index in [1.54, 1.807) is 0 Å². The number of rotatable bonds is 8. The summed E-state index contributed by atoms with van der Waals surface area (Å²) in [5.74, 6) is 0.922. The van der Waals surface area contributed by atoms with E-state index in [0.717, 1.165) is 26.2 Å². The van der Waals surface area contributed by atoms with Gasteiger partial charge in [-0.2, -0.15) is 0 Å². The lowest BCUT2D eigenvalue weighted by Gasteiger charge is -2.23. The summed E-state index contributed by atoms with van der Waals surface area (Å²) in [7, 11) is 1.95. The Balaban J connectivity index is 1.74. The Morgan fingerprint density at radius 2 is 1.27 bits per heavy atom. The number of nitrogens with zero attached hydrogens (tertiary/aromatic N) is 2. The molecular formula is C23H30N2O. The summed E-state index contributed by atoms with van der Waals surface area (Å²) in [6.45, 7) is 8.13. The van der Waals surface area contributed by atoms with Crippen molar-refractivity contribution in [3.8, 4) is 0 Å². The summed E-state index contributed by atoms with van der Waals surface area (Å²) >= 11 is 0. The topological polar surface area (TPSA) is 23.6 Å². The van der Waals surface area contributed by atoms with Gasteiger partial charge >= 0.3 is 0 Å². The zero-order valence-corrected chi connectivity index (χ0v) is 16.1. The smallest absolute Gasteiger partial charge is 0.226 e. The van der Waals surface area contributed by atoms with Gasteiger partial charge in [0, 0.05) is 32.0 Å². The summed E-state index contributed by atoms with van der Waals surface area (Å²) in [6.07, 6.45) is 0. The van der Waals surface area contributed by atoms with Gasteiger partial charge in [-0.05, 0) is 24.2 Å². The molecule has 3 nitrogen and oxygen atoms in total. The highest BCUT2D eigenvalue weighted by Gasteiger charge is 2.56. The molecule has 1 saturated carbocycles. The predicted molar refractivity (Wildman–Crippen MR) is 107 cm³/mol. The summed E-state index contributed by atoms with van der Waals surface area (Å²) in [6, 6.07) is 21.0. The van der Waals surface area contributed by atoms with Crippen LogP contribution < -0.4 is 0 Å². The van der Waals surface area contributed by atoms with E-state index >= 15 is 0 Å². The van der Waals surface area contributed by atoms with Crippen LogP contribution >= 0.6 is 0 Å². The number of likely N-dealkylation sites (N-methyl/N-ethyl adjacent to an activating group) is 2. The van der Waals surface area contributed by atoms with Crippen molar-refractivity contribution in [3.05, 3.63) is 71.8 Å². The fourth-order valence-corrected chi connectivity index (χ4v) is 3.99. The molecule has 3 rings (SSSR count). The maximum atomic E-state index is 13.2. The van der Waals surface area contributed by atoms with Gasteiger partial charge in [0.15, 0.2) is 0 Å². The molecule has 26 heavy (non-hydrogen) atoms. The normalized spacial score (nSPS) is 21.6. The largest absolute Gasteiger partial charge is 0.344 e. The minimum Gasteiger partial charge on any atom is -0.344 e. The molecule has 2 atom stereocenters. The first-order chi connectivity index (χ1) is 12.7. The zero-order chi connectivity index (χ0) is 18.5. The highest BCUT2D eigenvalue weighted by Crippen LogP contribution is 2.60. The fourth-order valence-electron chi connectivity index (χ4n) is 3.99. The Morgan fingerprint density at radius 3 is 1.69 bits per heavy atom. The molecule has 2 aromatic carbocycles. The number of amides is 1. The minimum atomic E-state index is 0.0569. The van der Waals surface area contributed by atoms with Crippen LogP contribution in [0.4, 0.5) is 0 Å². The Morgan fingerprint density at radius 1 is 0.808 bits per heavy atom. The van der Waals surface area contributed by atoms with E-state index in [1.807, 2.05) is 24.1 Å². The molecule has 0 aliphatic heterocycles. The molecule has 1 fully saturated rings. The fraction of sp³-hybridized carbons (Fsp3) is 0.435. The van der Waals surface area contributed by atoms with E-state index in [2.05, 4.69) is 67.3 Å². The SMILES string of the molecule is CCN(CC)CCN(C)C(=O)C1C(c2ccccc2)C1c1ccccc1. The molecule has 0 saturated heterocycles. The second kappa shape index (κ2) is 8.50. The van der Waals surface area contributed by atoms with Crippen molar-refractivity contribution in [1.82, 2.24) is 9.80 Å². The Kier molecular flexibility index (Phi) is 6.10. The third-order valence-corrected chi connectivity index (χ3v) is 5.70. The number of carbonyl (C=O) groups excluding carboxylic acids is 1. The van der Waals surface area contributed by atoms with E-state index in [0.29, 0.717) is 11.8 Å². The van der Waals surface area contributed by atoms with Gasteiger partial charge < -0.3 is 9.80 Å². The van der Waals surface area contributed by atoms with Crippen molar-refractivity contribution in [2.45, 2.75) is 25.7 Å². The summed E-state index contributed by atoms with van der Waals surface area (Å²) in [5, 5.41) is 0. The maximum absolute atomic E-state index is 13.2. The monoisotopic (exact) mass is 350 g/mol. The van der Waals surface area contributed by atoms with Crippen LogP contribution in [0.5, 0.6) is 0 Å². The molecule has 1 amide bonds. The number of hydrogen-bond acceptors (Lipinski definition) is 2. The highest BCUT2D eigenvalue weighted by atomic mass is 16.2. The van der Waals surface area contributed by atoms with E-state index in [9.17, 15) is 4.79 Å². The van der Waals surface area contributed by atoms with E-state index < -0.39 is 0 Å². The standard InChI is InChI=1S/C23H30N2O/c1-4-25(5-2)17-16-24(3)23(26)22-20(18-12-8-6-9-13-18)21(22)19-14-10-7-11-15-19/h6-15,20-22H,4-5,16-17H2,1-3H3. The Hall–Kier alpha value is -2.13. The first kappa shape index (κ1) is 18.7. The molecule has 2 aromatic rings. The van der Waals surface area contributed by atoms with Crippen LogP contribution in [-0.2, 0) is 4.79 Å². The molecule has 0 heterocycles. The highest BCUT2D eigenvalue weighted by molar-refractivity contribution is 5.85. The molecule has 0 bridgehead atoms. The molecule has 2 unspecified atom stereocenters. The lowest BCUT2D eigenvalue weighted by Crippen LogP contribution is -2.37. The van der Waals surface area contributed by atoms with Gasteiger partial charge in [0.05, 0.1) is 5.92 Å². The van der Waals surface area contributed by atoms with Crippen molar-refractivity contribution in [2.24, 2.45) is 5.92 Å². The van der Waals surface area contributed by atoms with Gasteiger partial charge in [0.25, 0.3) is 0 Å². The second-order valence-corrected chi connectivity index (χ2v) is 7.19. The molecule has 0 radical (unpaired) electrons. The average molecular weight is 351 g/mol. The van der Waals surface area contributed by atoms with Gasteiger partial charge in [-0.1, -0.05) is 74.5 Å². The summed E-state index contributed by atoms with van der Waals surface area (Å²) < 4.78 is 0. The van der Waals surface area contributed by atoms with Gasteiger partial charge in [0.2, 0.25) is 5.91 Å². The van der Waals surface area contributed by atoms with Gasteiger partial charge in [-0.25, -0.2) is 0 Å². The minimum absolute atomic E-state index is 0.0569.